The number of sulfonamides is 1. The van der Waals surface area contributed by atoms with E-state index in [0.717, 1.165) is 12.1 Å². The molecule has 0 radical (unpaired) electrons. The summed E-state index contributed by atoms with van der Waals surface area (Å²) in [6.07, 6.45) is 6.43. The molecule has 0 aromatic carbocycles. The van der Waals surface area contributed by atoms with Crippen LogP contribution in [-0.4, -0.2) is 31.7 Å². The summed E-state index contributed by atoms with van der Waals surface area (Å²) >= 11 is 0. The molecule has 6 heteroatoms. The van der Waals surface area contributed by atoms with Crippen molar-refractivity contribution in [1.82, 2.24) is 15.0 Å². The Hall–Kier alpha value is -0.980. The van der Waals surface area contributed by atoms with Crippen molar-refractivity contribution >= 4 is 10.0 Å². The molecule has 1 saturated carbocycles. The molecule has 1 atom stereocenters. The molecule has 1 fully saturated rings. The summed E-state index contributed by atoms with van der Waals surface area (Å²) in [6, 6.07) is 4.06. The molecule has 1 aliphatic carbocycles. The van der Waals surface area contributed by atoms with E-state index in [2.05, 4.69) is 15.0 Å². The Kier molecular flexibility index (Phi) is 4.90. The SMILES string of the molecule is CC(NS(=O)(=O)CCCNC1CC1)c1ccncc1. The Labute approximate surface area is 114 Å². The average molecular weight is 283 g/mol. The van der Waals surface area contributed by atoms with Gasteiger partial charge in [-0.3, -0.25) is 4.98 Å². The van der Waals surface area contributed by atoms with Crippen LogP contribution in [0.25, 0.3) is 0 Å². The first-order valence-corrected chi connectivity index (χ1v) is 8.35. The fourth-order valence-electron chi connectivity index (χ4n) is 1.90. The van der Waals surface area contributed by atoms with Gasteiger partial charge in [0.25, 0.3) is 0 Å². The number of aromatic nitrogens is 1. The van der Waals surface area contributed by atoms with Crippen LogP contribution >= 0.6 is 0 Å². The lowest BCUT2D eigenvalue weighted by molar-refractivity contribution is 0.560. The summed E-state index contributed by atoms with van der Waals surface area (Å²) < 4.78 is 26.5. The van der Waals surface area contributed by atoms with Crippen molar-refractivity contribution in [2.45, 2.75) is 38.3 Å². The van der Waals surface area contributed by atoms with Gasteiger partial charge in [-0.15, -0.1) is 0 Å². The second-order valence-electron chi connectivity index (χ2n) is 5.02. The summed E-state index contributed by atoms with van der Waals surface area (Å²) in [7, 11) is -3.22. The zero-order chi connectivity index (χ0) is 13.7. The maximum Gasteiger partial charge on any atom is 0.212 e. The van der Waals surface area contributed by atoms with Gasteiger partial charge in [-0.2, -0.15) is 0 Å². The van der Waals surface area contributed by atoms with Gasteiger partial charge in [0, 0.05) is 24.5 Å². The summed E-state index contributed by atoms with van der Waals surface area (Å²) in [4.78, 5) is 3.92. The second kappa shape index (κ2) is 6.45. The lowest BCUT2D eigenvalue weighted by Crippen LogP contribution is -2.30. The van der Waals surface area contributed by atoms with Crippen LogP contribution in [0.4, 0.5) is 0 Å². The third-order valence-corrected chi connectivity index (χ3v) is 4.70. The van der Waals surface area contributed by atoms with Crippen molar-refractivity contribution in [2.24, 2.45) is 0 Å². The van der Waals surface area contributed by atoms with Gasteiger partial charge in [-0.1, -0.05) is 0 Å². The van der Waals surface area contributed by atoms with E-state index in [1.54, 1.807) is 12.4 Å². The molecule has 5 nitrogen and oxygen atoms in total. The lowest BCUT2D eigenvalue weighted by Gasteiger charge is -2.14. The number of nitrogens with zero attached hydrogens (tertiary/aromatic N) is 1. The molecule has 1 heterocycles. The smallest absolute Gasteiger partial charge is 0.212 e. The molecule has 1 aliphatic rings. The van der Waals surface area contributed by atoms with Gasteiger partial charge >= 0.3 is 0 Å². The third-order valence-electron chi connectivity index (χ3n) is 3.16. The Morgan fingerprint density at radius 1 is 1.37 bits per heavy atom. The van der Waals surface area contributed by atoms with Crippen molar-refractivity contribution in [1.29, 1.82) is 0 Å². The van der Waals surface area contributed by atoms with Gasteiger partial charge in [0.1, 0.15) is 0 Å². The van der Waals surface area contributed by atoms with Gasteiger partial charge < -0.3 is 5.32 Å². The zero-order valence-corrected chi connectivity index (χ0v) is 12.0. The highest BCUT2D eigenvalue weighted by atomic mass is 32.2. The molecule has 0 spiro atoms. The van der Waals surface area contributed by atoms with Crippen LogP contribution in [0.1, 0.15) is 37.8 Å². The fourth-order valence-corrected chi connectivity index (χ4v) is 3.22. The highest BCUT2D eigenvalue weighted by molar-refractivity contribution is 7.89. The number of rotatable bonds is 8. The summed E-state index contributed by atoms with van der Waals surface area (Å²) in [5, 5.41) is 3.31. The van der Waals surface area contributed by atoms with Gasteiger partial charge in [-0.25, -0.2) is 13.1 Å². The topological polar surface area (TPSA) is 71.1 Å². The van der Waals surface area contributed by atoms with E-state index in [9.17, 15) is 8.42 Å². The molecular weight excluding hydrogens is 262 g/mol. The molecule has 0 aliphatic heterocycles. The molecular formula is C13H21N3O2S. The van der Waals surface area contributed by atoms with Crippen LogP contribution in [0.2, 0.25) is 0 Å². The van der Waals surface area contributed by atoms with Crippen molar-refractivity contribution in [3.05, 3.63) is 30.1 Å². The fraction of sp³-hybridized carbons (Fsp3) is 0.615. The van der Waals surface area contributed by atoms with E-state index >= 15 is 0 Å². The molecule has 106 valence electrons. The first-order chi connectivity index (χ1) is 9.07. The maximum atomic E-state index is 11.9. The standard InChI is InChI=1S/C13H21N3O2S/c1-11(12-5-8-14-9-6-12)16-19(17,18)10-2-7-15-13-3-4-13/h5-6,8-9,11,13,15-16H,2-4,7,10H2,1H3. The van der Waals surface area contributed by atoms with Crippen LogP contribution in [0.15, 0.2) is 24.5 Å². The second-order valence-corrected chi connectivity index (χ2v) is 6.89. The van der Waals surface area contributed by atoms with Gasteiger partial charge in [0.15, 0.2) is 0 Å². The molecule has 1 aromatic rings. The Balaban J connectivity index is 1.75. The highest BCUT2D eigenvalue weighted by Crippen LogP contribution is 2.18. The van der Waals surface area contributed by atoms with Crippen molar-refractivity contribution in [3.63, 3.8) is 0 Å². The molecule has 0 bridgehead atoms. The molecule has 1 unspecified atom stereocenters. The predicted octanol–water partition coefficient (Wildman–Crippen LogP) is 1.20. The molecule has 0 amide bonds. The van der Waals surface area contributed by atoms with Crippen LogP contribution in [-0.2, 0) is 10.0 Å². The molecule has 1 aromatic heterocycles. The van der Waals surface area contributed by atoms with Crippen molar-refractivity contribution in [2.75, 3.05) is 12.3 Å². The van der Waals surface area contributed by atoms with Crippen LogP contribution < -0.4 is 10.0 Å². The normalized spacial score (nSPS) is 17.3. The molecule has 19 heavy (non-hydrogen) atoms. The number of hydrogen-bond donors (Lipinski definition) is 2. The van der Waals surface area contributed by atoms with Gasteiger partial charge in [0.05, 0.1) is 5.75 Å². The largest absolute Gasteiger partial charge is 0.314 e. The summed E-state index contributed by atoms with van der Waals surface area (Å²) in [5.74, 6) is 0.169. The van der Waals surface area contributed by atoms with Crippen LogP contribution in [0.5, 0.6) is 0 Å². The average Bonchev–Trinajstić information content (AvgIpc) is 3.19. The summed E-state index contributed by atoms with van der Waals surface area (Å²) in [5.41, 5.74) is 0.926. The van der Waals surface area contributed by atoms with E-state index in [4.69, 9.17) is 0 Å². The Morgan fingerprint density at radius 3 is 2.68 bits per heavy atom. The third kappa shape index (κ3) is 5.26. The van der Waals surface area contributed by atoms with E-state index in [1.165, 1.54) is 12.8 Å². The van der Waals surface area contributed by atoms with E-state index in [1.807, 2.05) is 19.1 Å². The van der Waals surface area contributed by atoms with E-state index in [0.29, 0.717) is 12.5 Å². The van der Waals surface area contributed by atoms with Gasteiger partial charge in [-0.05, 0) is 50.4 Å². The Bertz CT molecular complexity index is 486. The number of hydrogen-bond acceptors (Lipinski definition) is 4. The van der Waals surface area contributed by atoms with E-state index < -0.39 is 10.0 Å². The van der Waals surface area contributed by atoms with Crippen molar-refractivity contribution in [3.8, 4) is 0 Å². The minimum atomic E-state index is -3.22. The minimum Gasteiger partial charge on any atom is -0.314 e. The molecule has 0 saturated heterocycles. The first kappa shape index (κ1) is 14.4. The Morgan fingerprint density at radius 2 is 2.05 bits per heavy atom. The summed E-state index contributed by atoms with van der Waals surface area (Å²) in [6.45, 7) is 2.62. The van der Waals surface area contributed by atoms with Crippen LogP contribution in [0.3, 0.4) is 0 Å². The van der Waals surface area contributed by atoms with Gasteiger partial charge in [0.2, 0.25) is 10.0 Å². The predicted molar refractivity (Wildman–Crippen MR) is 75.2 cm³/mol. The van der Waals surface area contributed by atoms with Crippen LogP contribution in [0, 0.1) is 0 Å². The molecule has 2 N–H and O–H groups in total. The maximum absolute atomic E-state index is 11.9. The molecule has 2 rings (SSSR count). The highest BCUT2D eigenvalue weighted by Gasteiger charge is 2.20. The van der Waals surface area contributed by atoms with Crippen molar-refractivity contribution < 1.29 is 8.42 Å². The first-order valence-electron chi connectivity index (χ1n) is 6.70. The number of nitrogens with one attached hydrogen (secondary N) is 2. The van der Waals surface area contributed by atoms with E-state index in [-0.39, 0.29) is 11.8 Å². The number of pyridine rings is 1. The zero-order valence-electron chi connectivity index (χ0n) is 11.2. The lowest BCUT2D eigenvalue weighted by atomic mass is 10.1. The quantitative estimate of drug-likeness (QED) is 0.703. The monoisotopic (exact) mass is 283 g/mol. The minimum absolute atomic E-state index is 0.169.